The van der Waals surface area contributed by atoms with Crippen LogP contribution < -0.4 is 10.1 Å². The summed E-state index contributed by atoms with van der Waals surface area (Å²) in [7, 11) is 1.57. The Morgan fingerprint density at radius 1 is 1.20 bits per heavy atom. The molecule has 0 aliphatic rings. The molecule has 2 aromatic heterocycles. The van der Waals surface area contributed by atoms with Crippen LogP contribution in [0.5, 0.6) is 5.88 Å². The fourth-order valence-electron chi connectivity index (χ4n) is 2.09. The lowest BCUT2D eigenvalue weighted by Gasteiger charge is -2.07. The van der Waals surface area contributed by atoms with Crippen molar-refractivity contribution in [3.05, 3.63) is 70.3 Å². The van der Waals surface area contributed by atoms with Gasteiger partial charge in [-0.05, 0) is 29.8 Å². The van der Waals surface area contributed by atoms with E-state index >= 15 is 0 Å². The SMILES string of the molecule is COc1ccc(CNC(=O)c2ccc(SCc3cscn3)cc2)cn1. The smallest absolute Gasteiger partial charge is 0.251 e. The van der Waals surface area contributed by atoms with Gasteiger partial charge in [0.15, 0.2) is 0 Å². The summed E-state index contributed by atoms with van der Waals surface area (Å²) in [6.45, 7) is 0.427. The van der Waals surface area contributed by atoms with Crippen molar-refractivity contribution in [2.45, 2.75) is 17.2 Å². The molecule has 1 aromatic carbocycles. The van der Waals surface area contributed by atoms with Gasteiger partial charge >= 0.3 is 0 Å². The average Bonchev–Trinajstić information content (AvgIpc) is 3.19. The molecule has 0 fully saturated rings. The molecule has 25 heavy (non-hydrogen) atoms. The van der Waals surface area contributed by atoms with E-state index in [4.69, 9.17) is 4.74 Å². The molecule has 0 saturated heterocycles. The zero-order valence-corrected chi connectivity index (χ0v) is 15.3. The van der Waals surface area contributed by atoms with Crippen molar-refractivity contribution in [2.75, 3.05) is 7.11 Å². The van der Waals surface area contributed by atoms with Crippen LogP contribution in [0.25, 0.3) is 0 Å². The molecule has 1 amide bonds. The van der Waals surface area contributed by atoms with E-state index in [0.717, 1.165) is 21.9 Å². The van der Waals surface area contributed by atoms with Crippen LogP contribution >= 0.6 is 23.1 Å². The van der Waals surface area contributed by atoms with Crippen LogP contribution in [0.15, 0.2) is 58.4 Å². The molecular formula is C18H17N3O2S2. The van der Waals surface area contributed by atoms with E-state index in [2.05, 4.69) is 15.3 Å². The number of nitrogens with zero attached hydrogens (tertiary/aromatic N) is 2. The summed E-state index contributed by atoms with van der Waals surface area (Å²) in [5, 5.41) is 4.94. The third-order valence-corrected chi connectivity index (χ3v) is 5.13. The number of thiazole rings is 1. The molecule has 2 heterocycles. The van der Waals surface area contributed by atoms with Crippen molar-refractivity contribution in [1.29, 1.82) is 0 Å². The van der Waals surface area contributed by atoms with Crippen LogP contribution in [0.2, 0.25) is 0 Å². The normalized spacial score (nSPS) is 10.4. The Bertz CT molecular complexity index is 803. The maximum Gasteiger partial charge on any atom is 0.251 e. The van der Waals surface area contributed by atoms with Gasteiger partial charge in [0, 0.05) is 40.4 Å². The first-order valence-electron chi connectivity index (χ1n) is 7.61. The number of aromatic nitrogens is 2. The summed E-state index contributed by atoms with van der Waals surface area (Å²) < 4.78 is 5.01. The summed E-state index contributed by atoms with van der Waals surface area (Å²) in [4.78, 5) is 21.7. The number of hydrogen-bond acceptors (Lipinski definition) is 6. The zero-order chi connectivity index (χ0) is 17.5. The van der Waals surface area contributed by atoms with Gasteiger partial charge in [-0.15, -0.1) is 23.1 Å². The number of amides is 1. The van der Waals surface area contributed by atoms with Crippen LogP contribution in [-0.4, -0.2) is 23.0 Å². The van der Waals surface area contributed by atoms with Crippen molar-refractivity contribution in [3.8, 4) is 5.88 Å². The second-order valence-electron chi connectivity index (χ2n) is 5.18. The van der Waals surface area contributed by atoms with Gasteiger partial charge in [-0.3, -0.25) is 4.79 Å². The van der Waals surface area contributed by atoms with Gasteiger partial charge in [0.1, 0.15) is 0 Å². The Morgan fingerprint density at radius 3 is 2.68 bits per heavy atom. The summed E-state index contributed by atoms with van der Waals surface area (Å²) in [6.07, 6.45) is 1.69. The third kappa shape index (κ3) is 5.04. The molecule has 0 bridgehead atoms. The second-order valence-corrected chi connectivity index (χ2v) is 6.95. The molecule has 0 spiro atoms. The Labute approximate surface area is 154 Å². The molecule has 5 nitrogen and oxygen atoms in total. The van der Waals surface area contributed by atoms with E-state index in [1.807, 2.05) is 41.2 Å². The topological polar surface area (TPSA) is 64.1 Å². The Hall–Kier alpha value is -2.38. The number of thioether (sulfide) groups is 1. The lowest BCUT2D eigenvalue weighted by atomic mass is 10.2. The highest BCUT2D eigenvalue weighted by atomic mass is 32.2. The van der Waals surface area contributed by atoms with E-state index < -0.39 is 0 Å². The predicted molar refractivity (Wildman–Crippen MR) is 100 cm³/mol. The molecule has 0 aliphatic carbocycles. The fourth-order valence-corrected chi connectivity index (χ4v) is 3.55. The monoisotopic (exact) mass is 371 g/mol. The molecule has 1 N–H and O–H groups in total. The van der Waals surface area contributed by atoms with Crippen LogP contribution in [0.4, 0.5) is 0 Å². The van der Waals surface area contributed by atoms with E-state index in [0.29, 0.717) is 18.0 Å². The van der Waals surface area contributed by atoms with Crippen LogP contribution in [-0.2, 0) is 12.3 Å². The largest absolute Gasteiger partial charge is 0.481 e. The maximum absolute atomic E-state index is 12.2. The standard InChI is InChI=1S/C18H17N3O2S2/c1-23-17-7-2-13(8-19-17)9-20-18(22)14-3-5-16(6-4-14)25-11-15-10-24-12-21-15/h2-8,10,12H,9,11H2,1H3,(H,20,22). The minimum absolute atomic E-state index is 0.105. The Morgan fingerprint density at radius 2 is 2.04 bits per heavy atom. The number of methoxy groups -OCH3 is 1. The van der Waals surface area contributed by atoms with Crippen molar-refractivity contribution in [3.63, 3.8) is 0 Å². The molecule has 7 heteroatoms. The quantitative estimate of drug-likeness (QED) is 0.641. The van der Waals surface area contributed by atoms with E-state index in [1.165, 1.54) is 0 Å². The van der Waals surface area contributed by atoms with Gasteiger partial charge < -0.3 is 10.1 Å². The number of nitrogens with one attached hydrogen (secondary N) is 1. The van der Waals surface area contributed by atoms with Crippen LogP contribution in [0.1, 0.15) is 21.6 Å². The van der Waals surface area contributed by atoms with Gasteiger partial charge in [0.25, 0.3) is 5.91 Å². The van der Waals surface area contributed by atoms with E-state index in [-0.39, 0.29) is 5.91 Å². The highest BCUT2D eigenvalue weighted by molar-refractivity contribution is 7.98. The minimum atomic E-state index is -0.105. The lowest BCUT2D eigenvalue weighted by Crippen LogP contribution is -2.22. The molecule has 3 aromatic rings. The number of benzene rings is 1. The fraction of sp³-hybridized carbons (Fsp3) is 0.167. The van der Waals surface area contributed by atoms with Crippen LogP contribution in [0, 0.1) is 0 Å². The first kappa shape index (κ1) is 17.4. The van der Waals surface area contributed by atoms with Gasteiger partial charge in [0.2, 0.25) is 5.88 Å². The molecule has 0 radical (unpaired) electrons. The van der Waals surface area contributed by atoms with Crippen molar-refractivity contribution in [2.24, 2.45) is 0 Å². The summed E-state index contributed by atoms with van der Waals surface area (Å²) >= 11 is 3.30. The average molecular weight is 371 g/mol. The summed E-state index contributed by atoms with van der Waals surface area (Å²) in [5.74, 6) is 1.28. The Kier molecular flexibility index (Phi) is 6.03. The molecule has 128 valence electrons. The molecule has 3 rings (SSSR count). The maximum atomic E-state index is 12.2. The third-order valence-electron chi connectivity index (χ3n) is 3.45. The van der Waals surface area contributed by atoms with Crippen molar-refractivity contribution in [1.82, 2.24) is 15.3 Å². The predicted octanol–water partition coefficient (Wildman–Crippen LogP) is 3.77. The molecule has 0 aliphatic heterocycles. The number of pyridine rings is 1. The van der Waals surface area contributed by atoms with Crippen molar-refractivity contribution < 1.29 is 9.53 Å². The summed E-state index contributed by atoms with van der Waals surface area (Å²) in [5.41, 5.74) is 4.47. The van der Waals surface area contributed by atoms with Crippen molar-refractivity contribution >= 4 is 29.0 Å². The number of rotatable bonds is 7. The highest BCUT2D eigenvalue weighted by Gasteiger charge is 2.06. The Balaban J connectivity index is 1.51. The number of ether oxygens (including phenoxy) is 1. The van der Waals surface area contributed by atoms with E-state index in [1.54, 1.807) is 42.5 Å². The van der Waals surface area contributed by atoms with Crippen LogP contribution in [0.3, 0.4) is 0 Å². The van der Waals surface area contributed by atoms with Gasteiger partial charge in [-0.1, -0.05) is 6.07 Å². The first-order valence-corrected chi connectivity index (χ1v) is 9.54. The molecule has 0 unspecified atom stereocenters. The minimum Gasteiger partial charge on any atom is -0.481 e. The number of hydrogen-bond donors (Lipinski definition) is 1. The second kappa shape index (κ2) is 8.64. The zero-order valence-electron chi connectivity index (χ0n) is 13.6. The molecule has 0 atom stereocenters. The number of carbonyl (C=O) groups is 1. The van der Waals surface area contributed by atoms with Gasteiger partial charge in [-0.2, -0.15) is 0 Å². The van der Waals surface area contributed by atoms with Gasteiger partial charge in [-0.25, -0.2) is 9.97 Å². The summed E-state index contributed by atoms with van der Waals surface area (Å²) in [6, 6.07) is 11.2. The number of carbonyl (C=O) groups excluding carboxylic acids is 1. The highest BCUT2D eigenvalue weighted by Crippen LogP contribution is 2.23. The lowest BCUT2D eigenvalue weighted by molar-refractivity contribution is 0.0951. The first-order chi connectivity index (χ1) is 12.2. The van der Waals surface area contributed by atoms with Gasteiger partial charge in [0.05, 0.1) is 18.3 Å². The molecule has 0 saturated carbocycles. The van der Waals surface area contributed by atoms with E-state index in [9.17, 15) is 4.79 Å². The molecular weight excluding hydrogens is 354 g/mol.